The zero-order valence-electron chi connectivity index (χ0n) is 14.2. The van der Waals surface area contributed by atoms with Gasteiger partial charge in [0.25, 0.3) is 10.0 Å². The third-order valence-electron chi connectivity index (χ3n) is 4.33. The highest BCUT2D eigenvalue weighted by Gasteiger charge is 2.39. The highest BCUT2D eigenvalue weighted by Crippen LogP contribution is 2.40. The molecule has 0 fully saturated rings. The number of sulfonamides is 2. The molecule has 28 heavy (non-hydrogen) atoms. The van der Waals surface area contributed by atoms with Gasteiger partial charge in [-0.2, -0.15) is 13.2 Å². The summed E-state index contributed by atoms with van der Waals surface area (Å²) in [7, 11) is -8.34. The smallest absolute Gasteiger partial charge is 0.263 e. The second-order valence-electron chi connectivity index (χ2n) is 6.33. The molecule has 12 heteroatoms. The van der Waals surface area contributed by atoms with Gasteiger partial charge in [-0.25, -0.2) is 22.0 Å². The molecule has 0 bridgehead atoms. The number of benzene rings is 2. The van der Waals surface area contributed by atoms with E-state index in [9.17, 15) is 30.0 Å². The molecule has 0 saturated carbocycles. The standard InChI is InChI=1S/C16H14ClF3N2O4S2/c1-9-6-10-7-11(27(21,23)24)3-5-15(10)22(9)28(25,26)12-2-4-14(17)13(8-12)16(18,19)20/h2-5,7-9H,6H2,1H3,(H2,21,23,24). The summed E-state index contributed by atoms with van der Waals surface area (Å²) in [6.07, 6.45) is -4.64. The van der Waals surface area contributed by atoms with Gasteiger partial charge in [0.1, 0.15) is 0 Å². The van der Waals surface area contributed by atoms with Crippen molar-refractivity contribution in [3.63, 3.8) is 0 Å². The number of nitrogens with zero attached hydrogens (tertiary/aromatic N) is 1. The fourth-order valence-electron chi connectivity index (χ4n) is 3.12. The Labute approximate surface area is 164 Å². The largest absolute Gasteiger partial charge is 0.417 e. The number of hydrogen-bond donors (Lipinski definition) is 1. The average Bonchev–Trinajstić information content (AvgIpc) is 2.88. The van der Waals surface area contributed by atoms with Gasteiger partial charge in [-0.15, -0.1) is 0 Å². The van der Waals surface area contributed by atoms with Crippen LogP contribution in [-0.2, 0) is 32.6 Å². The van der Waals surface area contributed by atoms with Crippen molar-refractivity contribution < 1.29 is 30.0 Å². The average molecular weight is 455 g/mol. The third kappa shape index (κ3) is 3.59. The molecule has 1 unspecified atom stereocenters. The van der Waals surface area contributed by atoms with Crippen LogP contribution in [0.15, 0.2) is 46.2 Å². The number of primary sulfonamides is 1. The first-order chi connectivity index (χ1) is 12.7. The van der Waals surface area contributed by atoms with Crippen LogP contribution < -0.4 is 9.44 Å². The molecule has 0 aliphatic carbocycles. The quantitative estimate of drug-likeness (QED) is 0.770. The molecule has 1 aliphatic heterocycles. The Kier molecular flexibility index (Phi) is 4.94. The first-order valence-corrected chi connectivity index (χ1v) is 11.2. The van der Waals surface area contributed by atoms with E-state index in [1.54, 1.807) is 6.92 Å². The summed E-state index contributed by atoms with van der Waals surface area (Å²) < 4.78 is 89.4. The Morgan fingerprint density at radius 3 is 2.25 bits per heavy atom. The van der Waals surface area contributed by atoms with Crippen LogP contribution in [0.5, 0.6) is 0 Å². The van der Waals surface area contributed by atoms with Crippen LogP contribution in [0.4, 0.5) is 18.9 Å². The predicted molar refractivity (Wildman–Crippen MR) is 97.1 cm³/mol. The number of anilines is 1. The predicted octanol–water partition coefficient (Wildman–Crippen LogP) is 3.15. The Balaban J connectivity index is 2.12. The fourth-order valence-corrected chi connectivity index (χ4v) is 5.63. The number of fused-ring (bicyclic) bond motifs is 1. The van der Waals surface area contributed by atoms with E-state index in [1.165, 1.54) is 12.1 Å². The van der Waals surface area contributed by atoms with Crippen molar-refractivity contribution in [3.8, 4) is 0 Å². The monoisotopic (exact) mass is 454 g/mol. The van der Waals surface area contributed by atoms with Crippen LogP contribution in [0.3, 0.4) is 0 Å². The van der Waals surface area contributed by atoms with Crippen molar-refractivity contribution in [2.75, 3.05) is 4.31 Å². The molecule has 0 radical (unpaired) electrons. The van der Waals surface area contributed by atoms with E-state index in [0.717, 1.165) is 22.5 Å². The van der Waals surface area contributed by atoms with Crippen LogP contribution >= 0.6 is 11.6 Å². The SMILES string of the molecule is CC1Cc2cc(S(N)(=O)=O)ccc2N1S(=O)(=O)c1ccc(Cl)c(C(F)(F)F)c1. The lowest BCUT2D eigenvalue weighted by atomic mass is 10.1. The highest BCUT2D eigenvalue weighted by atomic mass is 35.5. The van der Waals surface area contributed by atoms with Gasteiger partial charge in [0, 0.05) is 6.04 Å². The normalized spacial score (nSPS) is 17.6. The van der Waals surface area contributed by atoms with Crippen LogP contribution in [0.1, 0.15) is 18.1 Å². The van der Waals surface area contributed by atoms with Crippen molar-refractivity contribution >= 4 is 37.3 Å². The molecule has 0 spiro atoms. The first kappa shape index (κ1) is 20.9. The number of alkyl halides is 3. The van der Waals surface area contributed by atoms with Crippen molar-refractivity contribution in [1.29, 1.82) is 0 Å². The van der Waals surface area contributed by atoms with E-state index in [1.807, 2.05) is 0 Å². The second kappa shape index (κ2) is 6.61. The van der Waals surface area contributed by atoms with Gasteiger partial charge < -0.3 is 0 Å². The van der Waals surface area contributed by atoms with Crippen molar-refractivity contribution in [3.05, 3.63) is 52.5 Å². The summed E-state index contributed by atoms with van der Waals surface area (Å²) in [6.45, 7) is 1.56. The van der Waals surface area contributed by atoms with E-state index in [0.29, 0.717) is 11.6 Å². The number of rotatable bonds is 3. The van der Waals surface area contributed by atoms with Crippen molar-refractivity contribution in [2.45, 2.75) is 35.4 Å². The van der Waals surface area contributed by atoms with E-state index >= 15 is 0 Å². The second-order valence-corrected chi connectivity index (χ2v) is 10.1. The molecule has 0 saturated heterocycles. The molecule has 1 heterocycles. The summed E-state index contributed by atoms with van der Waals surface area (Å²) in [5, 5.41) is 4.48. The molecule has 2 N–H and O–H groups in total. The van der Waals surface area contributed by atoms with Crippen LogP contribution in [0.2, 0.25) is 5.02 Å². The maximum atomic E-state index is 13.1. The van der Waals surface area contributed by atoms with Crippen LogP contribution in [0.25, 0.3) is 0 Å². The first-order valence-electron chi connectivity index (χ1n) is 7.80. The Hall–Kier alpha value is -1.82. The molecule has 152 valence electrons. The Morgan fingerprint density at radius 1 is 1.07 bits per heavy atom. The lowest BCUT2D eigenvalue weighted by Crippen LogP contribution is -2.35. The van der Waals surface area contributed by atoms with Gasteiger partial charge in [-0.05, 0) is 55.3 Å². The zero-order valence-corrected chi connectivity index (χ0v) is 16.6. The topological polar surface area (TPSA) is 97.5 Å². The summed E-state index contributed by atoms with van der Waals surface area (Å²) in [4.78, 5) is -0.747. The lowest BCUT2D eigenvalue weighted by Gasteiger charge is -2.25. The van der Waals surface area contributed by atoms with Gasteiger partial charge in [0.05, 0.1) is 26.1 Å². The summed E-state index contributed by atoms with van der Waals surface area (Å²) >= 11 is 5.56. The summed E-state index contributed by atoms with van der Waals surface area (Å²) in [6, 6.07) is 5.41. The molecular formula is C16H14ClF3N2O4S2. The van der Waals surface area contributed by atoms with Gasteiger partial charge in [0.2, 0.25) is 10.0 Å². The molecule has 2 aromatic rings. The van der Waals surface area contributed by atoms with E-state index in [4.69, 9.17) is 16.7 Å². The molecule has 3 rings (SSSR count). The minimum absolute atomic E-state index is 0.177. The molecule has 0 amide bonds. The molecule has 1 aliphatic rings. The van der Waals surface area contributed by atoms with Crippen molar-refractivity contribution in [1.82, 2.24) is 0 Å². The zero-order chi connectivity index (χ0) is 21.1. The maximum absolute atomic E-state index is 13.1. The molecule has 0 aromatic heterocycles. The van der Waals surface area contributed by atoms with Gasteiger partial charge in [-0.3, -0.25) is 4.31 Å². The van der Waals surface area contributed by atoms with Gasteiger partial charge in [-0.1, -0.05) is 11.6 Å². The fraction of sp³-hybridized carbons (Fsp3) is 0.250. The van der Waals surface area contributed by atoms with Gasteiger partial charge >= 0.3 is 6.18 Å². The molecule has 1 atom stereocenters. The number of nitrogens with two attached hydrogens (primary N) is 1. The Bertz CT molecular complexity index is 1160. The van der Waals surface area contributed by atoms with E-state index in [2.05, 4.69) is 0 Å². The minimum Gasteiger partial charge on any atom is -0.263 e. The number of hydrogen-bond acceptors (Lipinski definition) is 4. The maximum Gasteiger partial charge on any atom is 0.417 e. The van der Waals surface area contributed by atoms with Crippen LogP contribution in [0, 0.1) is 0 Å². The van der Waals surface area contributed by atoms with Crippen molar-refractivity contribution in [2.24, 2.45) is 5.14 Å². The molecular weight excluding hydrogens is 441 g/mol. The van der Waals surface area contributed by atoms with Gasteiger partial charge in [0.15, 0.2) is 0 Å². The molecule has 2 aromatic carbocycles. The van der Waals surface area contributed by atoms with E-state index < -0.39 is 47.7 Å². The third-order valence-corrected chi connectivity index (χ3v) is 7.50. The van der Waals surface area contributed by atoms with Crippen LogP contribution in [-0.4, -0.2) is 22.9 Å². The highest BCUT2D eigenvalue weighted by molar-refractivity contribution is 7.93. The summed E-state index contributed by atoms with van der Waals surface area (Å²) in [5.74, 6) is 0. The van der Waals surface area contributed by atoms with E-state index in [-0.39, 0.29) is 17.0 Å². The Morgan fingerprint density at radius 2 is 1.68 bits per heavy atom. The summed E-state index contributed by atoms with van der Waals surface area (Å²) in [5.41, 5.74) is -0.664. The lowest BCUT2D eigenvalue weighted by molar-refractivity contribution is -0.137. The number of halogens is 4. The minimum atomic E-state index is -4.82. The molecule has 6 nitrogen and oxygen atoms in total.